The van der Waals surface area contributed by atoms with Crippen LogP contribution in [0.5, 0.6) is 5.75 Å². The number of rotatable bonds is 8. The van der Waals surface area contributed by atoms with Crippen molar-refractivity contribution < 1.29 is 19.1 Å². The van der Waals surface area contributed by atoms with Crippen LogP contribution in [0.2, 0.25) is 0 Å². The molecule has 3 N–H and O–H groups in total. The van der Waals surface area contributed by atoms with Crippen LogP contribution in [0.25, 0.3) is 0 Å². The molecule has 0 spiro atoms. The summed E-state index contributed by atoms with van der Waals surface area (Å²) in [5.74, 6) is 0.411. The lowest BCUT2D eigenvalue weighted by Crippen LogP contribution is -2.33. The van der Waals surface area contributed by atoms with Crippen molar-refractivity contribution in [1.29, 1.82) is 0 Å². The van der Waals surface area contributed by atoms with Crippen molar-refractivity contribution in [2.24, 2.45) is 5.73 Å². The maximum Gasteiger partial charge on any atom is 0.253 e. The van der Waals surface area contributed by atoms with Gasteiger partial charge < -0.3 is 25.4 Å². The maximum atomic E-state index is 12.4. The summed E-state index contributed by atoms with van der Waals surface area (Å²) in [6, 6.07) is 7.65. The smallest absolute Gasteiger partial charge is 0.253 e. The zero-order valence-corrected chi connectivity index (χ0v) is 16.7. The van der Waals surface area contributed by atoms with Crippen molar-refractivity contribution in [3.05, 3.63) is 42.2 Å². The van der Waals surface area contributed by atoms with E-state index in [0.29, 0.717) is 31.9 Å². The first kappa shape index (κ1) is 20.8. The number of nitrogens with one attached hydrogen (secondary N) is 1. The number of hydrogen-bond acceptors (Lipinski definition) is 6. The lowest BCUT2D eigenvalue weighted by atomic mass is 10.2. The van der Waals surface area contributed by atoms with Gasteiger partial charge in [0.15, 0.2) is 0 Å². The van der Waals surface area contributed by atoms with Crippen LogP contribution in [0, 0.1) is 6.92 Å². The SMILES string of the molecule is Cc1ccc(OCCN(C)C(=O)Cn2cc(NC(=O)[C@@H]3C[C@@H](N)CO3)cn2)cc1. The van der Waals surface area contributed by atoms with Gasteiger partial charge in [-0.15, -0.1) is 0 Å². The Bertz CT molecular complexity index is 836. The van der Waals surface area contributed by atoms with Gasteiger partial charge in [-0.1, -0.05) is 17.7 Å². The van der Waals surface area contributed by atoms with Crippen LogP contribution in [0.4, 0.5) is 5.69 Å². The molecule has 29 heavy (non-hydrogen) atoms. The van der Waals surface area contributed by atoms with Crippen molar-refractivity contribution >= 4 is 17.5 Å². The van der Waals surface area contributed by atoms with Crippen LogP contribution >= 0.6 is 0 Å². The highest BCUT2D eigenvalue weighted by Gasteiger charge is 2.29. The minimum atomic E-state index is -0.547. The summed E-state index contributed by atoms with van der Waals surface area (Å²) < 4.78 is 12.5. The van der Waals surface area contributed by atoms with Crippen LogP contribution in [0.3, 0.4) is 0 Å². The number of benzene rings is 1. The fourth-order valence-corrected chi connectivity index (χ4v) is 2.89. The van der Waals surface area contributed by atoms with Crippen molar-refractivity contribution in [3.8, 4) is 5.75 Å². The van der Waals surface area contributed by atoms with E-state index in [9.17, 15) is 9.59 Å². The van der Waals surface area contributed by atoms with Crippen LogP contribution in [0.1, 0.15) is 12.0 Å². The second-order valence-corrected chi connectivity index (χ2v) is 7.21. The molecule has 1 saturated heterocycles. The highest BCUT2D eigenvalue weighted by atomic mass is 16.5. The van der Waals surface area contributed by atoms with E-state index in [0.717, 1.165) is 5.75 Å². The molecule has 1 aliphatic rings. The largest absolute Gasteiger partial charge is 0.492 e. The molecule has 0 bridgehead atoms. The molecule has 1 fully saturated rings. The first-order chi connectivity index (χ1) is 13.9. The molecular weight excluding hydrogens is 374 g/mol. The van der Waals surface area contributed by atoms with E-state index in [-0.39, 0.29) is 24.4 Å². The number of aryl methyl sites for hydroxylation is 1. The summed E-state index contributed by atoms with van der Waals surface area (Å²) in [4.78, 5) is 26.1. The van der Waals surface area contributed by atoms with Gasteiger partial charge in [0.05, 0.1) is 25.0 Å². The number of carbonyl (C=O) groups excluding carboxylic acids is 2. The van der Waals surface area contributed by atoms with Crippen LogP contribution < -0.4 is 15.8 Å². The molecule has 9 heteroatoms. The number of nitrogens with zero attached hydrogens (tertiary/aromatic N) is 3. The van der Waals surface area contributed by atoms with Crippen molar-refractivity contribution in [3.63, 3.8) is 0 Å². The van der Waals surface area contributed by atoms with Crippen molar-refractivity contribution in [1.82, 2.24) is 14.7 Å². The van der Waals surface area contributed by atoms with Gasteiger partial charge in [0, 0.05) is 19.3 Å². The number of amides is 2. The van der Waals surface area contributed by atoms with E-state index in [2.05, 4.69) is 10.4 Å². The summed E-state index contributed by atoms with van der Waals surface area (Å²) in [6.07, 6.45) is 3.06. The Morgan fingerprint density at radius 2 is 2.14 bits per heavy atom. The van der Waals surface area contributed by atoms with Crippen LogP contribution in [0.15, 0.2) is 36.7 Å². The molecule has 0 saturated carbocycles. The predicted molar refractivity (Wildman–Crippen MR) is 108 cm³/mol. The fraction of sp³-hybridized carbons (Fsp3) is 0.450. The number of nitrogens with two attached hydrogens (primary N) is 1. The van der Waals surface area contributed by atoms with Crippen molar-refractivity contribution in [2.45, 2.75) is 32.0 Å². The Hall–Kier alpha value is -2.91. The third-order valence-corrected chi connectivity index (χ3v) is 4.66. The first-order valence-electron chi connectivity index (χ1n) is 9.54. The Kier molecular flexibility index (Phi) is 6.84. The second-order valence-electron chi connectivity index (χ2n) is 7.21. The van der Waals surface area contributed by atoms with E-state index >= 15 is 0 Å². The summed E-state index contributed by atoms with van der Waals surface area (Å²) in [6.45, 7) is 3.32. The molecule has 1 aliphatic heterocycles. The molecule has 9 nitrogen and oxygen atoms in total. The number of aromatic nitrogens is 2. The maximum absolute atomic E-state index is 12.4. The predicted octanol–water partition coefficient (Wildman–Crippen LogP) is 0.784. The zero-order valence-electron chi connectivity index (χ0n) is 16.7. The molecule has 2 atom stereocenters. The summed E-state index contributed by atoms with van der Waals surface area (Å²) in [5, 5.41) is 6.86. The molecule has 1 aromatic carbocycles. The van der Waals surface area contributed by atoms with Crippen molar-refractivity contribution in [2.75, 3.05) is 32.1 Å². The lowest BCUT2D eigenvalue weighted by molar-refractivity contribution is -0.131. The van der Waals surface area contributed by atoms with Gasteiger partial charge in [0.1, 0.15) is 25.0 Å². The molecular formula is C20H27N5O4. The normalized spacial score (nSPS) is 18.4. The van der Waals surface area contributed by atoms with E-state index in [1.54, 1.807) is 18.1 Å². The standard InChI is InChI=1S/C20H27N5O4/c1-14-3-5-17(6-4-14)28-8-7-24(2)19(26)12-25-11-16(10-22-25)23-20(27)18-9-15(21)13-29-18/h3-6,10-11,15,18H,7-9,12-13,21H2,1-2H3,(H,23,27)/t15-,18+/m1/s1. The zero-order chi connectivity index (χ0) is 20.8. The molecule has 1 aromatic heterocycles. The third-order valence-electron chi connectivity index (χ3n) is 4.66. The van der Waals surface area contributed by atoms with Gasteiger partial charge in [-0.2, -0.15) is 5.10 Å². The van der Waals surface area contributed by atoms with Gasteiger partial charge >= 0.3 is 0 Å². The molecule has 0 radical (unpaired) electrons. The Morgan fingerprint density at radius 1 is 1.38 bits per heavy atom. The monoisotopic (exact) mass is 401 g/mol. The van der Waals surface area contributed by atoms with E-state index in [4.69, 9.17) is 15.2 Å². The number of carbonyl (C=O) groups is 2. The molecule has 2 amide bonds. The van der Waals surface area contributed by atoms with Gasteiger partial charge in [0.2, 0.25) is 5.91 Å². The van der Waals surface area contributed by atoms with E-state index in [1.165, 1.54) is 16.4 Å². The molecule has 0 unspecified atom stereocenters. The lowest BCUT2D eigenvalue weighted by Gasteiger charge is -2.17. The van der Waals surface area contributed by atoms with Gasteiger partial charge in [0.25, 0.3) is 5.91 Å². The average molecular weight is 401 g/mol. The highest BCUT2D eigenvalue weighted by molar-refractivity contribution is 5.94. The van der Waals surface area contributed by atoms with Gasteiger partial charge in [-0.3, -0.25) is 14.3 Å². The minimum Gasteiger partial charge on any atom is -0.492 e. The number of ether oxygens (including phenoxy) is 2. The summed E-state index contributed by atoms with van der Waals surface area (Å²) in [7, 11) is 1.72. The van der Waals surface area contributed by atoms with Crippen LogP contribution in [-0.2, 0) is 20.9 Å². The molecule has 2 heterocycles. The topological polar surface area (TPSA) is 112 Å². The molecule has 156 valence electrons. The van der Waals surface area contributed by atoms with E-state index < -0.39 is 6.10 Å². The quantitative estimate of drug-likeness (QED) is 0.676. The number of likely N-dealkylation sites (N-methyl/N-ethyl adjacent to an activating group) is 1. The number of anilines is 1. The number of hydrogen-bond donors (Lipinski definition) is 2. The second kappa shape index (κ2) is 9.53. The average Bonchev–Trinajstić information content (AvgIpc) is 3.32. The Morgan fingerprint density at radius 3 is 2.83 bits per heavy atom. The third kappa shape index (κ3) is 6.03. The Labute approximate surface area is 169 Å². The van der Waals surface area contributed by atoms with Crippen LogP contribution in [-0.4, -0.2) is 65.4 Å². The molecule has 3 rings (SSSR count). The molecule has 2 aromatic rings. The first-order valence-corrected chi connectivity index (χ1v) is 9.54. The van der Waals surface area contributed by atoms with Gasteiger partial charge in [-0.05, 0) is 25.5 Å². The molecule has 0 aliphatic carbocycles. The summed E-state index contributed by atoms with van der Waals surface area (Å²) >= 11 is 0. The fourth-order valence-electron chi connectivity index (χ4n) is 2.89. The summed E-state index contributed by atoms with van der Waals surface area (Å²) in [5.41, 5.74) is 7.42. The Balaban J connectivity index is 1.41. The highest BCUT2D eigenvalue weighted by Crippen LogP contribution is 2.15. The van der Waals surface area contributed by atoms with Gasteiger partial charge in [-0.25, -0.2) is 0 Å². The van der Waals surface area contributed by atoms with E-state index in [1.807, 2.05) is 31.2 Å². The minimum absolute atomic E-state index is 0.0711.